The lowest BCUT2D eigenvalue weighted by atomic mass is 9.97. The largest absolute Gasteiger partial charge is 0.349 e. The molecule has 0 spiro atoms. The number of allylic oxidation sites excluding steroid dienone is 1. The Morgan fingerprint density at radius 2 is 2.07 bits per heavy atom. The van der Waals surface area contributed by atoms with E-state index in [1.165, 1.54) is 24.6 Å². The van der Waals surface area contributed by atoms with Crippen molar-refractivity contribution in [2.45, 2.75) is 56.8 Å². The van der Waals surface area contributed by atoms with E-state index >= 15 is 0 Å². The molecule has 1 amide bonds. The van der Waals surface area contributed by atoms with Crippen LogP contribution in [0.1, 0.15) is 56.5 Å². The summed E-state index contributed by atoms with van der Waals surface area (Å²) < 4.78 is 2.09. The van der Waals surface area contributed by atoms with E-state index in [1.807, 2.05) is 24.3 Å². The first-order chi connectivity index (χ1) is 13.1. The molecule has 6 heteroatoms. The fourth-order valence-corrected chi connectivity index (χ4v) is 3.92. The van der Waals surface area contributed by atoms with Crippen molar-refractivity contribution >= 4 is 17.7 Å². The monoisotopic (exact) mass is 384 g/mol. The zero-order chi connectivity index (χ0) is 19.2. The Kier molecular flexibility index (Phi) is 6.72. The summed E-state index contributed by atoms with van der Waals surface area (Å²) in [5.41, 5.74) is 1.15. The minimum atomic E-state index is 0.0237. The number of carbonyl (C=O) groups is 1. The number of benzene rings is 1. The highest BCUT2D eigenvalue weighted by Gasteiger charge is 2.30. The molecule has 1 aliphatic rings. The fourth-order valence-electron chi connectivity index (χ4n) is 3.15. The maximum absolute atomic E-state index is 12.6. The summed E-state index contributed by atoms with van der Waals surface area (Å²) in [6.45, 7) is 8.86. The Bertz CT molecular complexity index is 768. The average molecular weight is 385 g/mol. The average Bonchev–Trinajstić information content (AvgIpc) is 3.42. The van der Waals surface area contributed by atoms with Gasteiger partial charge in [-0.05, 0) is 30.7 Å². The van der Waals surface area contributed by atoms with Crippen LogP contribution in [-0.2, 0) is 11.3 Å². The highest BCUT2D eigenvalue weighted by atomic mass is 32.2. The van der Waals surface area contributed by atoms with Crippen LogP contribution in [0.15, 0.2) is 48.1 Å². The van der Waals surface area contributed by atoms with Gasteiger partial charge in [0.25, 0.3) is 0 Å². The van der Waals surface area contributed by atoms with E-state index in [-0.39, 0.29) is 11.9 Å². The van der Waals surface area contributed by atoms with Crippen LogP contribution in [0, 0.1) is 5.92 Å². The smallest absolute Gasteiger partial charge is 0.230 e. The van der Waals surface area contributed by atoms with Gasteiger partial charge in [0.1, 0.15) is 5.82 Å². The minimum absolute atomic E-state index is 0.0237. The number of rotatable bonds is 10. The number of thioether (sulfide) groups is 1. The van der Waals surface area contributed by atoms with Crippen LogP contribution < -0.4 is 5.32 Å². The predicted octanol–water partition coefficient (Wildman–Crippen LogP) is 4.34. The second-order valence-electron chi connectivity index (χ2n) is 7.46. The third-order valence-electron chi connectivity index (χ3n) is 4.58. The van der Waals surface area contributed by atoms with Crippen LogP contribution >= 0.6 is 11.8 Å². The van der Waals surface area contributed by atoms with Crippen molar-refractivity contribution in [3.8, 4) is 0 Å². The van der Waals surface area contributed by atoms with Crippen LogP contribution in [-0.4, -0.2) is 26.4 Å². The third-order valence-corrected chi connectivity index (χ3v) is 5.54. The summed E-state index contributed by atoms with van der Waals surface area (Å²) in [6, 6.07) is 10.2. The molecule has 1 saturated carbocycles. The van der Waals surface area contributed by atoms with Crippen LogP contribution in [0.2, 0.25) is 0 Å². The third kappa shape index (κ3) is 5.45. The molecule has 1 unspecified atom stereocenters. The van der Waals surface area contributed by atoms with Crippen molar-refractivity contribution in [3.63, 3.8) is 0 Å². The molecule has 1 fully saturated rings. The molecule has 1 aromatic carbocycles. The van der Waals surface area contributed by atoms with Gasteiger partial charge in [0.2, 0.25) is 5.91 Å². The molecule has 1 heterocycles. The lowest BCUT2D eigenvalue weighted by Crippen LogP contribution is -2.31. The molecule has 0 saturated heterocycles. The van der Waals surface area contributed by atoms with Crippen molar-refractivity contribution in [1.82, 2.24) is 20.1 Å². The lowest BCUT2D eigenvalue weighted by Gasteiger charge is -2.21. The molecule has 144 valence electrons. The van der Waals surface area contributed by atoms with Gasteiger partial charge in [0.05, 0.1) is 11.8 Å². The van der Waals surface area contributed by atoms with Crippen molar-refractivity contribution in [2.75, 3.05) is 5.75 Å². The van der Waals surface area contributed by atoms with E-state index in [0.29, 0.717) is 24.1 Å². The second-order valence-corrected chi connectivity index (χ2v) is 8.41. The Hall–Kier alpha value is -2.08. The summed E-state index contributed by atoms with van der Waals surface area (Å²) in [5.74, 6) is 2.41. The van der Waals surface area contributed by atoms with Gasteiger partial charge in [-0.2, -0.15) is 0 Å². The highest BCUT2D eigenvalue weighted by Crippen LogP contribution is 2.40. The van der Waals surface area contributed by atoms with Gasteiger partial charge in [-0.25, -0.2) is 0 Å². The minimum Gasteiger partial charge on any atom is -0.349 e. The second kappa shape index (κ2) is 9.22. The first-order valence-electron chi connectivity index (χ1n) is 9.59. The number of hydrogen-bond acceptors (Lipinski definition) is 4. The Labute approximate surface area is 165 Å². The predicted molar refractivity (Wildman–Crippen MR) is 110 cm³/mol. The van der Waals surface area contributed by atoms with E-state index in [0.717, 1.165) is 23.0 Å². The molecular weight excluding hydrogens is 356 g/mol. The van der Waals surface area contributed by atoms with E-state index in [4.69, 9.17) is 0 Å². The van der Waals surface area contributed by atoms with Gasteiger partial charge in [-0.1, -0.05) is 62.0 Å². The van der Waals surface area contributed by atoms with Crippen LogP contribution in [0.3, 0.4) is 0 Å². The lowest BCUT2D eigenvalue weighted by molar-refractivity contribution is -0.119. The van der Waals surface area contributed by atoms with E-state index in [1.54, 1.807) is 0 Å². The summed E-state index contributed by atoms with van der Waals surface area (Å²) >= 11 is 1.45. The molecular formula is C21H28N4OS. The van der Waals surface area contributed by atoms with Gasteiger partial charge in [-0.3, -0.25) is 4.79 Å². The molecule has 1 aromatic heterocycles. The SMILES string of the molecule is C=CCn1c(SCC(=O)NC(CC(C)C)c2ccccc2)nnc1C1CC1. The Balaban J connectivity index is 1.62. The number of hydrogen-bond donors (Lipinski definition) is 1. The highest BCUT2D eigenvalue weighted by molar-refractivity contribution is 7.99. The molecule has 1 atom stereocenters. The normalized spacial score (nSPS) is 14.9. The van der Waals surface area contributed by atoms with Crippen molar-refractivity contribution in [1.29, 1.82) is 0 Å². The topological polar surface area (TPSA) is 59.8 Å². The van der Waals surface area contributed by atoms with E-state index in [9.17, 15) is 4.79 Å². The molecule has 5 nitrogen and oxygen atoms in total. The van der Waals surface area contributed by atoms with Gasteiger partial charge in [0.15, 0.2) is 5.16 Å². The van der Waals surface area contributed by atoms with Crippen LogP contribution in [0.25, 0.3) is 0 Å². The van der Waals surface area contributed by atoms with Crippen LogP contribution in [0.4, 0.5) is 0 Å². The van der Waals surface area contributed by atoms with Crippen molar-refractivity contribution < 1.29 is 4.79 Å². The molecule has 1 N–H and O–H groups in total. The number of nitrogens with one attached hydrogen (secondary N) is 1. The van der Waals surface area contributed by atoms with Crippen molar-refractivity contribution in [3.05, 3.63) is 54.4 Å². The summed E-state index contributed by atoms with van der Waals surface area (Å²) in [5, 5.41) is 12.6. The van der Waals surface area contributed by atoms with Crippen LogP contribution in [0.5, 0.6) is 0 Å². The van der Waals surface area contributed by atoms with E-state index < -0.39 is 0 Å². The fraction of sp³-hybridized carbons (Fsp3) is 0.476. The van der Waals surface area contributed by atoms with Gasteiger partial charge >= 0.3 is 0 Å². The molecule has 0 radical (unpaired) electrons. The van der Waals surface area contributed by atoms with Gasteiger partial charge in [-0.15, -0.1) is 16.8 Å². The first-order valence-corrected chi connectivity index (χ1v) is 10.6. The number of amides is 1. The zero-order valence-electron chi connectivity index (χ0n) is 16.1. The molecule has 27 heavy (non-hydrogen) atoms. The standard InChI is InChI=1S/C21H28N4OS/c1-4-12-25-20(17-10-11-17)23-24-21(25)27-14-19(26)22-18(13-15(2)3)16-8-6-5-7-9-16/h4-9,15,17-18H,1,10-14H2,2-3H3,(H,22,26). The van der Waals surface area contributed by atoms with E-state index in [2.05, 4.69) is 52.6 Å². The maximum atomic E-state index is 12.6. The maximum Gasteiger partial charge on any atom is 0.230 e. The summed E-state index contributed by atoms with van der Waals surface area (Å²) in [4.78, 5) is 12.6. The Morgan fingerprint density at radius 1 is 1.33 bits per heavy atom. The molecule has 0 aliphatic heterocycles. The number of carbonyl (C=O) groups excluding carboxylic acids is 1. The molecule has 0 bridgehead atoms. The van der Waals surface area contributed by atoms with Crippen molar-refractivity contribution in [2.24, 2.45) is 5.92 Å². The first kappa shape index (κ1) is 19.7. The zero-order valence-corrected chi connectivity index (χ0v) is 16.9. The summed E-state index contributed by atoms with van der Waals surface area (Å²) in [7, 11) is 0. The number of aromatic nitrogens is 3. The van der Waals surface area contributed by atoms with Gasteiger partial charge in [0, 0.05) is 12.5 Å². The Morgan fingerprint density at radius 3 is 2.70 bits per heavy atom. The molecule has 2 aromatic rings. The van der Waals surface area contributed by atoms with Gasteiger partial charge < -0.3 is 9.88 Å². The summed E-state index contributed by atoms with van der Waals surface area (Å²) in [6.07, 6.45) is 5.12. The molecule has 3 rings (SSSR count). The quantitative estimate of drug-likeness (QED) is 0.489. The number of nitrogens with zero attached hydrogens (tertiary/aromatic N) is 3. The molecule has 1 aliphatic carbocycles.